The number of Topliss-reactive ketones (excluding diaryl/α,β-unsaturated/α-hetero) is 1. The maximum Gasteiger partial charge on any atom is 0.132 e. The van der Waals surface area contributed by atoms with Crippen molar-refractivity contribution < 1.29 is 65.6 Å². The van der Waals surface area contributed by atoms with Crippen LogP contribution in [-0.4, -0.2) is 106 Å². The number of aromatic nitrogens is 2. The summed E-state index contributed by atoms with van der Waals surface area (Å²) in [5.74, 6) is 0.574. The molecule has 3 aromatic heterocycles. The Morgan fingerprint density at radius 1 is 0.850 bits per heavy atom. The maximum absolute atomic E-state index is 12.5. The first kappa shape index (κ1) is 53.8. The van der Waals surface area contributed by atoms with Crippen LogP contribution in [0, 0.1) is 12.7 Å². The second-order valence-electron chi connectivity index (χ2n) is 14.8. The van der Waals surface area contributed by atoms with E-state index in [-0.39, 0.29) is 50.0 Å². The zero-order valence-electron chi connectivity index (χ0n) is 36.6. The van der Waals surface area contributed by atoms with Gasteiger partial charge in [-0.2, -0.15) is 0 Å². The van der Waals surface area contributed by atoms with E-state index in [1.54, 1.807) is 33.1 Å². The quantitative estimate of drug-likeness (QED) is 0.0665. The Hall–Kier alpha value is -2.30. The minimum atomic E-state index is -0.303. The number of benzene rings is 1. The molecule has 0 saturated heterocycles. The van der Waals surface area contributed by atoms with E-state index in [0.29, 0.717) is 77.5 Å². The number of carbonyl (C=O) groups is 1. The zero-order valence-corrected chi connectivity index (χ0v) is 40.3. The van der Waals surface area contributed by atoms with Gasteiger partial charge in [-0.1, -0.05) is 51.3 Å². The van der Waals surface area contributed by atoms with Crippen LogP contribution >= 0.6 is 11.3 Å². The molecular weight excluding hydrogens is 859 g/mol. The van der Waals surface area contributed by atoms with Gasteiger partial charge in [-0.25, -0.2) is 4.39 Å². The maximum atomic E-state index is 12.5. The van der Waals surface area contributed by atoms with Gasteiger partial charge in [-0.15, -0.1) is 23.1 Å². The van der Waals surface area contributed by atoms with Gasteiger partial charge in [0.1, 0.15) is 11.6 Å². The molecular formula is C46H68FN5O6SY-2. The van der Waals surface area contributed by atoms with E-state index in [0.717, 1.165) is 49.6 Å². The molecule has 60 heavy (non-hydrogen) atoms. The fourth-order valence-corrected chi connectivity index (χ4v) is 6.93. The molecule has 331 valence electrons. The van der Waals surface area contributed by atoms with Crippen LogP contribution in [0.4, 0.5) is 10.1 Å². The molecule has 0 aliphatic heterocycles. The van der Waals surface area contributed by atoms with Gasteiger partial charge in [0.25, 0.3) is 0 Å². The predicted molar refractivity (Wildman–Crippen MR) is 238 cm³/mol. The first-order valence-electron chi connectivity index (χ1n) is 21.2. The number of nitrogens with one attached hydrogen (secondary N) is 2. The molecule has 2 N–H and O–H groups in total. The first-order chi connectivity index (χ1) is 28.6. The van der Waals surface area contributed by atoms with Crippen molar-refractivity contribution in [1.29, 1.82) is 0 Å². The van der Waals surface area contributed by atoms with E-state index in [4.69, 9.17) is 40.1 Å². The van der Waals surface area contributed by atoms with E-state index in [1.165, 1.54) is 58.9 Å². The van der Waals surface area contributed by atoms with E-state index >= 15 is 0 Å². The summed E-state index contributed by atoms with van der Waals surface area (Å²) in [7, 11) is 1.64. The third-order valence-electron chi connectivity index (χ3n) is 9.45. The van der Waals surface area contributed by atoms with Gasteiger partial charge < -0.3 is 35.2 Å². The smallest absolute Gasteiger partial charge is 0.132 e. The first-order valence-corrected chi connectivity index (χ1v) is 22.0. The third kappa shape index (κ3) is 22.7. The van der Waals surface area contributed by atoms with Crippen LogP contribution in [0.2, 0.25) is 0 Å². The van der Waals surface area contributed by atoms with Gasteiger partial charge >= 0.3 is 0 Å². The van der Waals surface area contributed by atoms with Crippen molar-refractivity contribution in [3.63, 3.8) is 0 Å². The van der Waals surface area contributed by atoms with Crippen molar-refractivity contribution in [2.24, 2.45) is 0 Å². The number of hydrogen-bond acceptors (Lipinski definition) is 10. The Bertz CT molecular complexity index is 1720. The Balaban J connectivity index is 0.000000325. The Kier molecular flexibility index (Phi) is 29.1. The van der Waals surface area contributed by atoms with Crippen molar-refractivity contribution in [2.45, 2.75) is 97.6 Å². The number of pyridine rings is 2. The van der Waals surface area contributed by atoms with E-state index in [9.17, 15) is 9.18 Å². The molecule has 0 unspecified atom stereocenters. The Morgan fingerprint density at radius 3 is 1.92 bits per heavy atom. The van der Waals surface area contributed by atoms with Crippen molar-refractivity contribution in [2.75, 3.05) is 79.7 Å². The molecule has 2 fully saturated rings. The number of fused-ring (bicyclic) bond motifs is 1. The number of hydrogen-bond donors (Lipinski definition) is 0. The van der Waals surface area contributed by atoms with Gasteiger partial charge in [-0.05, 0) is 99.5 Å². The molecule has 11 nitrogen and oxygen atoms in total. The fourth-order valence-electron chi connectivity index (χ4n) is 5.75. The molecule has 2 saturated carbocycles. The van der Waals surface area contributed by atoms with Crippen molar-refractivity contribution in [3.8, 4) is 10.6 Å². The summed E-state index contributed by atoms with van der Waals surface area (Å²) in [6, 6.07) is 13.6. The van der Waals surface area contributed by atoms with E-state index in [1.807, 2.05) is 17.5 Å². The SMILES string of the molecule is CCCN(CCC)Cc1ccc(-c2cc3nccc(C4CCC4)c3s2)nc1.COCCOCCOCCOCCOCCC(C)=O.Cc1ccc([NH-])cc1F.[NH-]C1CC1.[Y]. The molecule has 3 heterocycles. The van der Waals surface area contributed by atoms with Crippen molar-refractivity contribution >= 4 is 33.0 Å². The number of ketones is 1. The van der Waals surface area contributed by atoms with Crippen molar-refractivity contribution in [3.05, 3.63) is 88.8 Å². The summed E-state index contributed by atoms with van der Waals surface area (Å²) in [4.78, 5) is 23.8. The van der Waals surface area contributed by atoms with Crippen LogP contribution in [0.5, 0.6) is 0 Å². The third-order valence-corrected chi connectivity index (χ3v) is 10.6. The van der Waals surface area contributed by atoms with Crippen LogP contribution in [0.25, 0.3) is 32.3 Å². The molecule has 0 spiro atoms. The Labute approximate surface area is 387 Å². The minimum Gasteiger partial charge on any atom is -0.699 e. The second kappa shape index (κ2) is 32.4. The molecule has 2 aliphatic carbocycles. The molecule has 6 rings (SSSR count). The standard InChI is InChI=1S/C23H29N3S.C13H26O6.C7H7FN.C3H6N.Y/c1-3-12-26(13-4-2)16-17-8-9-20(25-15-17)22-14-21-23(27-22)19(10-11-24-21)18-6-5-7-18;1-13(14)3-4-16-7-8-18-11-12-19-10-9-17-6-5-15-2;1-5-2-3-6(9)4-7(5)8;4-3-1-2-3;/h8-11,14-15,18H,3-7,12-13,16H2,1-2H3;3-12H2,1-2H3;2-4,9H,1H3;3-4H,1-2H2;/q;;2*-1;. The summed E-state index contributed by atoms with van der Waals surface area (Å²) in [6.45, 7) is 15.9. The molecule has 0 bridgehead atoms. The fraction of sp³-hybridized carbons (Fsp3) is 0.587. The number of halogens is 1. The van der Waals surface area contributed by atoms with Crippen molar-refractivity contribution in [1.82, 2.24) is 14.9 Å². The average molecular weight is 927 g/mol. The predicted octanol–water partition coefficient (Wildman–Crippen LogP) is 10.9. The number of methoxy groups -OCH3 is 1. The van der Waals surface area contributed by atoms with E-state index < -0.39 is 0 Å². The van der Waals surface area contributed by atoms with Gasteiger partial charge in [0.05, 0.1) is 80.2 Å². The topological polar surface area (TPSA) is 140 Å². The number of ether oxygens (including phenoxy) is 5. The normalized spacial score (nSPS) is 13.3. The summed E-state index contributed by atoms with van der Waals surface area (Å²) >= 11 is 1.86. The zero-order chi connectivity index (χ0) is 42.7. The molecule has 14 heteroatoms. The molecule has 4 aromatic rings. The molecule has 2 aliphatic rings. The number of nitrogens with zero attached hydrogens (tertiary/aromatic N) is 3. The van der Waals surface area contributed by atoms with Gasteiger partial charge in [0.2, 0.25) is 0 Å². The Morgan fingerprint density at radius 2 is 1.45 bits per heavy atom. The largest absolute Gasteiger partial charge is 0.699 e. The van der Waals surface area contributed by atoms with E-state index in [2.05, 4.69) is 54.2 Å². The van der Waals surface area contributed by atoms with Gasteiger partial charge in [0.15, 0.2) is 0 Å². The number of rotatable bonds is 23. The molecule has 0 atom stereocenters. The monoisotopic (exact) mass is 926 g/mol. The van der Waals surface area contributed by atoms with Gasteiger partial charge in [-0.3, -0.25) is 19.7 Å². The summed E-state index contributed by atoms with van der Waals surface area (Å²) in [6.07, 6.45) is 13.2. The number of aryl methyl sites for hydroxylation is 1. The minimum absolute atomic E-state index is 0. The van der Waals surface area contributed by atoms with Crippen LogP contribution in [-0.2, 0) is 67.7 Å². The van der Waals surface area contributed by atoms with Crippen LogP contribution in [0.15, 0.2) is 54.9 Å². The summed E-state index contributed by atoms with van der Waals surface area (Å²) in [5, 5.41) is 0. The molecule has 0 amide bonds. The molecule has 1 aromatic carbocycles. The summed E-state index contributed by atoms with van der Waals surface area (Å²) < 4.78 is 39.7. The van der Waals surface area contributed by atoms with Crippen LogP contribution in [0.1, 0.15) is 94.7 Å². The van der Waals surface area contributed by atoms with Crippen LogP contribution < -0.4 is 0 Å². The van der Waals surface area contributed by atoms with Gasteiger partial charge in [0, 0.05) is 65.2 Å². The number of thiophene rings is 1. The molecule has 1 radical (unpaired) electrons. The number of carbonyl (C=O) groups excluding carboxylic acids is 1. The second-order valence-corrected chi connectivity index (χ2v) is 15.9. The van der Waals surface area contributed by atoms with Crippen LogP contribution in [0.3, 0.4) is 0 Å². The average Bonchev–Trinajstić information content (AvgIpc) is 3.86. The summed E-state index contributed by atoms with van der Waals surface area (Å²) in [5.41, 5.74) is 19.5.